The van der Waals surface area contributed by atoms with Gasteiger partial charge in [0.2, 0.25) is 11.8 Å². The minimum absolute atomic E-state index is 0.179. The summed E-state index contributed by atoms with van der Waals surface area (Å²) in [5.74, 6) is 0.303. The molecule has 8 nitrogen and oxygen atoms in total. The summed E-state index contributed by atoms with van der Waals surface area (Å²) in [5.41, 5.74) is 9.02. The molecule has 3 atom stereocenters. The molecule has 8 heteroatoms. The maximum atomic E-state index is 12.6. The van der Waals surface area contributed by atoms with Crippen molar-refractivity contribution >= 4 is 17.6 Å². The fourth-order valence-electron chi connectivity index (χ4n) is 3.78. The van der Waals surface area contributed by atoms with Crippen molar-refractivity contribution in [3.8, 4) is 6.07 Å². The number of carbonyl (C=O) groups is 2. The fourth-order valence-corrected chi connectivity index (χ4v) is 3.78. The molecule has 1 aliphatic heterocycles. The van der Waals surface area contributed by atoms with E-state index >= 15 is 0 Å². The van der Waals surface area contributed by atoms with Crippen molar-refractivity contribution in [2.75, 3.05) is 12.3 Å². The topological polar surface area (TPSA) is 133 Å². The van der Waals surface area contributed by atoms with E-state index in [1.54, 1.807) is 19.1 Å². The van der Waals surface area contributed by atoms with Crippen molar-refractivity contribution in [1.29, 1.82) is 5.26 Å². The Morgan fingerprint density at radius 3 is 2.90 bits per heavy atom. The Morgan fingerprint density at radius 2 is 2.16 bits per heavy atom. The van der Waals surface area contributed by atoms with Gasteiger partial charge < -0.3 is 21.7 Å². The number of anilines is 1. The lowest BCUT2D eigenvalue weighted by atomic mass is 9.95. The molecule has 0 spiro atoms. The molecule has 0 bridgehead atoms. The van der Waals surface area contributed by atoms with Crippen molar-refractivity contribution in [3.63, 3.8) is 0 Å². The first kappa shape index (κ1) is 22.2. The van der Waals surface area contributed by atoms with Gasteiger partial charge in [0, 0.05) is 12.2 Å². The average molecular weight is 421 g/mol. The molecular formula is C23H28N6O2. The highest BCUT2D eigenvalue weighted by atomic mass is 16.2. The van der Waals surface area contributed by atoms with Crippen molar-refractivity contribution in [2.24, 2.45) is 5.92 Å². The highest BCUT2D eigenvalue weighted by Crippen LogP contribution is 2.20. The molecule has 0 radical (unpaired) electrons. The Kier molecular flexibility index (Phi) is 7.21. The number of hydrogen-bond donors (Lipinski definition) is 4. The fraction of sp³-hybridized carbons (Fsp3) is 0.391. The molecule has 5 N–H and O–H groups in total. The zero-order valence-electron chi connectivity index (χ0n) is 17.8. The van der Waals surface area contributed by atoms with Gasteiger partial charge in [-0.05, 0) is 68.5 Å². The maximum absolute atomic E-state index is 12.6. The van der Waals surface area contributed by atoms with Gasteiger partial charge in [0.05, 0.1) is 17.7 Å². The first-order chi connectivity index (χ1) is 14.9. The molecule has 2 amide bonds. The van der Waals surface area contributed by atoms with Gasteiger partial charge in [0.25, 0.3) is 0 Å². The molecule has 1 aromatic carbocycles. The number of aryl methyl sites for hydroxylation is 1. The molecule has 1 aliphatic rings. The highest BCUT2D eigenvalue weighted by molar-refractivity contribution is 5.89. The Bertz CT molecular complexity index is 1000. The SMILES string of the molecule is Cc1nc(N)ccc1CNC(=O)[C@H](C)NC(=O)[C@H]1C[C@H](Cc2cccc(C#N)c2)CN1. The van der Waals surface area contributed by atoms with Gasteiger partial charge in [-0.1, -0.05) is 18.2 Å². The van der Waals surface area contributed by atoms with Crippen molar-refractivity contribution in [1.82, 2.24) is 20.9 Å². The normalized spacial score (nSPS) is 18.7. The molecule has 1 fully saturated rings. The largest absolute Gasteiger partial charge is 0.384 e. The third kappa shape index (κ3) is 6.03. The summed E-state index contributed by atoms with van der Waals surface area (Å²) in [6.45, 7) is 4.55. The van der Waals surface area contributed by atoms with Crippen LogP contribution in [0.2, 0.25) is 0 Å². The lowest BCUT2D eigenvalue weighted by Crippen LogP contribution is -2.50. The Labute approximate surface area is 182 Å². The highest BCUT2D eigenvalue weighted by Gasteiger charge is 2.30. The summed E-state index contributed by atoms with van der Waals surface area (Å²) in [4.78, 5) is 29.2. The predicted octanol–water partition coefficient (Wildman–Crippen LogP) is 1.19. The zero-order chi connectivity index (χ0) is 22.4. The van der Waals surface area contributed by atoms with E-state index in [1.807, 2.05) is 31.2 Å². The summed E-state index contributed by atoms with van der Waals surface area (Å²) in [6, 6.07) is 12.2. The monoisotopic (exact) mass is 420 g/mol. The van der Waals surface area contributed by atoms with Crippen LogP contribution in [0.5, 0.6) is 0 Å². The van der Waals surface area contributed by atoms with E-state index in [4.69, 9.17) is 11.0 Å². The number of benzene rings is 1. The lowest BCUT2D eigenvalue weighted by Gasteiger charge is -2.17. The smallest absolute Gasteiger partial charge is 0.242 e. The molecule has 31 heavy (non-hydrogen) atoms. The zero-order valence-corrected chi connectivity index (χ0v) is 17.8. The van der Waals surface area contributed by atoms with Crippen LogP contribution in [-0.2, 0) is 22.6 Å². The lowest BCUT2D eigenvalue weighted by molar-refractivity contribution is -0.129. The number of rotatable bonds is 7. The van der Waals surface area contributed by atoms with Crippen LogP contribution in [0.15, 0.2) is 36.4 Å². The van der Waals surface area contributed by atoms with Gasteiger partial charge in [-0.2, -0.15) is 5.26 Å². The van der Waals surface area contributed by atoms with Crippen LogP contribution < -0.4 is 21.7 Å². The number of carbonyl (C=O) groups excluding carboxylic acids is 2. The molecule has 0 saturated carbocycles. The van der Waals surface area contributed by atoms with E-state index in [0.29, 0.717) is 30.3 Å². The summed E-state index contributed by atoms with van der Waals surface area (Å²) < 4.78 is 0. The minimum Gasteiger partial charge on any atom is -0.384 e. The van der Waals surface area contributed by atoms with Crippen LogP contribution in [0.25, 0.3) is 0 Å². The van der Waals surface area contributed by atoms with E-state index in [1.165, 1.54) is 0 Å². The van der Waals surface area contributed by atoms with Crippen molar-refractivity contribution < 1.29 is 9.59 Å². The molecule has 0 aliphatic carbocycles. The van der Waals surface area contributed by atoms with E-state index in [2.05, 4.69) is 27.0 Å². The number of nitriles is 1. The van der Waals surface area contributed by atoms with Gasteiger partial charge >= 0.3 is 0 Å². The van der Waals surface area contributed by atoms with Crippen LogP contribution in [0.1, 0.15) is 35.7 Å². The Morgan fingerprint density at radius 1 is 1.35 bits per heavy atom. The molecule has 0 unspecified atom stereocenters. The van der Waals surface area contributed by atoms with E-state index in [9.17, 15) is 9.59 Å². The van der Waals surface area contributed by atoms with Crippen LogP contribution in [0, 0.1) is 24.2 Å². The van der Waals surface area contributed by atoms with Crippen LogP contribution >= 0.6 is 0 Å². The third-order valence-corrected chi connectivity index (χ3v) is 5.54. The minimum atomic E-state index is -0.650. The summed E-state index contributed by atoms with van der Waals surface area (Å²) in [6.07, 6.45) is 1.49. The standard InChI is InChI=1S/C23H28N6O2/c1-14-19(6-7-21(25)28-14)13-27-22(30)15(2)29-23(31)20-10-18(12-26-20)9-16-4-3-5-17(8-16)11-24/h3-8,15,18,20,26H,9-10,12-13H2,1-2H3,(H2,25,28)(H,27,30)(H,29,31)/t15-,18-,20+/m0/s1. The van der Waals surface area contributed by atoms with Gasteiger partial charge in [0.1, 0.15) is 11.9 Å². The number of pyridine rings is 1. The molecular weight excluding hydrogens is 392 g/mol. The number of nitrogens with one attached hydrogen (secondary N) is 3. The second-order valence-electron chi connectivity index (χ2n) is 8.01. The van der Waals surface area contributed by atoms with Crippen molar-refractivity contribution in [2.45, 2.75) is 45.3 Å². The van der Waals surface area contributed by atoms with Gasteiger partial charge in [-0.25, -0.2) is 4.98 Å². The molecule has 1 aromatic heterocycles. The molecule has 1 saturated heterocycles. The first-order valence-corrected chi connectivity index (χ1v) is 10.4. The Hall–Kier alpha value is -3.44. The second kappa shape index (κ2) is 10.0. The van der Waals surface area contributed by atoms with Gasteiger partial charge in [-0.3, -0.25) is 9.59 Å². The number of amides is 2. The van der Waals surface area contributed by atoms with Crippen molar-refractivity contribution in [3.05, 3.63) is 58.8 Å². The molecule has 2 heterocycles. The maximum Gasteiger partial charge on any atom is 0.242 e. The number of nitrogen functional groups attached to an aromatic ring is 1. The van der Waals surface area contributed by atoms with Crippen LogP contribution in [-0.4, -0.2) is 35.4 Å². The first-order valence-electron chi connectivity index (χ1n) is 10.4. The van der Waals surface area contributed by atoms with Gasteiger partial charge in [0.15, 0.2) is 0 Å². The summed E-state index contributed by atoms with van der Waals surface area (Å²) in [7, 11) is 0. The second-order valence-corrected chi connectivity index (χ2v) is 8.01. The average Bonchev–Trinajstić information content (AvgIpc) is 3.21. The summed E-state index contributed by atoms with van der Waals surface area (Å²) >= 11 is 0. The van der Waals surface area contributed by atoms with Crippen LogP contribution in [0.3, 0.4) is 0 Å². The van der Waals surface area contributed by atoms with Gasteiger partial charge in [-0.15, -0.1) is 0 Å². The third-order valence-electron chi connectivity index (χ3n) is 5.54. The predicted molar refractivity (Wildman–Crippen MR) is 118 cm³/mol. The van der Waals surface area contributed by atoms with E-state index in [-0.39, 0.29) is 17.9 Å². The number of hydrogen-bond acceptors (Lipinski definition) is 6. The number of nitrogens with zero attached hydrogens (tertiary/aromatic N) is 2. The number of nitrogens with two attached hydrogens (primary N) is 1. The molecule has 2 aromatic rings. The summed E-state index contributed by atoms with van der Waals surface area (Å²) in [5, 5.41) is 17.9. The Balaban J connectivity index is 1.46. The quantitative estimate of drug-likeness (QED) is 0.532. The van der Waals surface area contributed by atoms with E-state index in [0.717, 1.165) is 29.8 Å². The molecule has 3 rings (SSSR count). The van der Waals surface area contributed by atoms with E-state index < -0.39 is 6.04 Å². The number of aromatic nitrogens is 1. The van der Waals surface area contributed by atoms with Crippen LogP contribution in [0.4, 0.5) is 5.82 Å². The molecule has 162 valence electrons.